The van der Waals surface area contributed by atoms with E-state index in [1.807, 2.05) is 18.5 Å². The van der Waals surface area contributed by atoms with Crippen LogP contribution in [0.2, 0.25) is 0 Å². The summed E-state index contributed by atoms with van der Waals surface area (Å²) in [6, 6.07) is 4.40. The number of ketones is 1. The van der Waals surface area contributed by atoms with Crippen molar-refractivity contribution in [1.29, 1.82) is 0 Å². The summed E-state index contributed by atoms with van der Waals surface area (Å²) in [5, 5.41) is 11.6. The predicted molar refractivity (Wildman–Crippen MR) is 103 cm³/mol. The summed E-state index contributed by atoms with van der Waals surface area (Å²) in [7, 11) is 0. The standard InChI is InChI=1S/C21H27N5O/c27-21(19-10-16(12-24-19)15-2-1-7-23-11-15)18-13-25-26(20(18)14-3-4-14)17-5-8-22-9-6-17/h1-2,7,11,13-14,16-17,19,22,24H,3-6,8-10,12H2. The van der Waals surface area contributed by atoms with Gasteiger partial charge in [0.25, 0.3) is 0 Å². The van der Waals surface area contributed by atoms with Gasteiger partial charge in [-0.15, -0.1) is 0 Å². The van der Waals surface area contributed by atoms with E-state index >= 15 is 0 Å². The molecule has 3 fully saturated rings. The number of hydrogen-bond acceptors (Lipinski definition) is 5. The fraction of sp³-hybridized carbons (Fsp3) is 0.571. The second-order valence-corrected chi connectivity index (χ2v) is 8.19. The van der Waals surface area contributed by atoms with Crippen LogP contribution in [0.25, 0.3) is 0 Å². The average molecular weight is 365 g/mol. The maximum Gasteiger partial charge on any atom is 0.183 e. The van der Waals surface area contributed by atoms with E-state index in [4.69, 9.17) is 5.10 Å². The monoisotopic (exact) mass is 365 g/mol. The predicted octanol–water partition coefficient (Wildman–Crippen LogP) is 2.41. The van der Waals surface area contributed by atoms with Crippen molar-refractivity contribution in [1.82, 2.24) is 25.4 Å². The van der Waals surface area contributed by atoms with Crippen molar-refractivity contribution >= 4 is 5.78 Å². The third kappa shape index (κ3) is 3.32. The van der Waals surface area contributed by atoms with Gasteiger partial charge in [0.15, 0.2) is 5.78 Å². The summed E-state index contributed by atoms with van der Waals surface area (Å²) in [4.78, 5) is 17.6. The number of hydrogen-bond donors (Lipinski definition) is 2. The van der Waals surface area contributed by atoms with Crippen molar-refractivity contribution < 1.29 is 4.79 Å². The Balaban J connectivity index is 1.37. The van der Waals surface area contributed by atoms with E-state index in [1.165, 1.54) is 24.1 Å². The molecule has 6 heteroatoms. The van der Waals surface area contributed by atoms with E-state index in [9.17, 15) is 4.79 Å². The molecule has 4 heterocycles. The normalized spacial score (nSPS) is 26.4. The maximum atomic E-state index is 13.3. The van der Waals surface area contributed by atoms with Crippen molar-refractivity contribution in [2.75, 3.05) is 19.6 Å². The molecule has 0 bridgehead atoms. The summed E-state index contributed by atoms with van der Waals surface area (Å²) in [5.41, 5.74) is 3.28. The minimum absolute atomic E-state index is 0.113. The first-order valence-corrected chi connectivity index (χ1v) is 10.3. The van der Waals surface area contributed by atoms with Crippen molar-refractivity contribution in [2.45, 2.75) is 56.0 Å². The molecule has 2 unspecified atom stereocenters. The van der Waals surface area contributed by atoms with E-state index in [0.717, 1.165) is 44.5 Å². The second kappa shape index (κ2) is 7.17. The molecule has 2 atom stereocenters. The SMILES string of the molecule is O=C(c1cnn(C2CCNCC2)c1C1CC1)C1CC(c2cccnc2)CN1. The van der Waals surface area contributed by atoms with Gasteiger partial charge >= 0.3 is 0 Å². The van der Waals surface area contributed by atoms with Gasteiger partial charge in [-0.3, -0.25) is 14.5 Å². The molecule has 1 aliphatic carbocycles. The Kier molecular flexibility index (Phi) is 4.53. The van der Waals surface area contributed by atoms with Crippen LogP contribution in [0, 0.1) is 0 Å². The minimum atomic E-state index is -0.113. The lowest BCUT2D eigenvalue weighted by Gasteiger charge is -2.25. The summed E-state index contributed by atoms with van der Waals surface area (Å²) in [5.74, 6) is 1.11. The smallest absolute Gasteiger partial charge is 0.183 e. The maximum absolute atomic E-state index is 13.3. The van der Waals surface area contributed by atoms with E-state index in [0.29, 0.717) is 17.9 Å². The molecule has 2 aromatic heterocycles. The van der Waals surface area contributed by atoms with E-state index < -0.39 is 0 Å². The molecule has 2 saturated heterocycles. The molecule has 0 amide bonds. The lowest BCUT2D eigenvalue weighted by Crippen LogP contribution is -2.32. The molecule has 2 N–H and O–H groups in total. The van der Waals surface area contributed by atoms with Gasteiger partial charge in [0, 0.05) is 24.9 Å². The number of aromatic nitrogens is 3. The molecule has 2 aliphatic heterocycles. The zero-order valence-corrected chi connectivity index (χ0v) is 15.6. The van der Waals surface area contributed by atoms with Crippen LogP contribution in [-0.4, -0.2) is 46.2 Å². The van der Waals surface area contributed by atoms with Gasteiger partial charge in [0.05, 0.1) is 29.5 Å². The summed E-state index contributed by atoms with van der Waals surface area (Å²) < 4.78 is 2.19. The summed E-state index contributed by atoms with van der Waals surface area (Å²) >= 11 is 0. The Hall–Kier alpha value is -2.05. The molecule has 5 rings (SSSR count). The largest absolute Gasteiger partial charge is 0.317 e. The Labute approximate surface area is 159 Å². The number of carbonyl (C=O) groups is 1. The minimum Gasteiger partial charge on any atom is -0.317 e. The molecule has 2 aromatic rings. The molecule has 142 valence electrons. The molecule has 27 heavy (non-hydrogen) atoms. The average Bonchev–Trinajstić information content (AvgIpc) is 3.28. The van der Waals surface area contributed by atoms with Gasteiger partial charge in [0.2, 0.25) is 0 Å². The number of pyridine rings is 1. The lowest BCUT2D eigenvalue weighted by atomic mass is 9.94. The van der Waals surface area contributed by atoms with Crippen LogP contribution in [0.1, 0.15) is 71.6 Å². The van der Waals surface area contributed by atoms with Crippen molar-refractivity contribution in [2.24, 2.45) is 0 Å². The highest BCUT2D eigenvalue weighted by Crippen LogP contribution is 2.43. The first-order chi connectivity index (χ1) is 13.3. The number of carbonyl (C=O) groups excluding carboxylic acids is 1. The molecule has 6 nitrogen and oxygen atoms in total. The zero-order chi connectivity index (χ0) is 18.2. The molecule has 1 saturated carbocycles. The zero-order valence-electron chi connectivity index (χ0n) is 15.6. The molecule has 0 radical (unpaired) electrons. The molecular formula is C21H27N5O. The Morgan fingerprint density at radius 1 is 1.11 bits per heavy atom. The summed E-state index contributed by atoms with van der Waals surface area (Å²) in [6.07, 6.45) is 11.0. The molecule has 3 aliphatic rings. The second-order valence-electron chi connectivity index (χ2n) is 8.19. The first kappa shape index (κ1) is 17.1. The number of nitrogens with one attached hydrogen (secondary N) is 2. The van der Waals surface area contributed by atoms with Gasteiger partial charge in [-0.05, 0) is 62.7 Å². The van der Waals surface area contributed by atoms with Crippen molar-refractivity contribution in [3.63, 3.8) is 0 Å². The first-order valence-electron chi connectivity index (χ1n) is 10.3. The molecule has 0 spiro atoms. The highest BCUT2D eigenvalue weighted by atomic mass is 16.1. The van der Waals surface area contributed by atoms with Gasteiger partial charge in [-0.1, -0.05) is 6.07 Å². The Morgan fingerprint density at radius 3 is 2.70 bits per heavy atom. The van der Waals surface area contributed by atoms with Crippen LogP contribution >= 0.6 is 0 Å². The van der Waals surface area contributed by atoms with Crippen LogP contribution in [0.15, 0.2) is 30.7 Å². The summed E-state index contributed by atoms with van der Waals surface area (Å²) in [6.45, 7) is 2.91. The van der Waals surface area contributed by atoms with Crippen LogP contribution in [-0.2, 0) is 0 Å². The fourth-order valence-electron chi connectivity index (χ4n) is 4.66. The quantitative estimate of drug-likeness (QED) is 0.796. The van der Waals surface area contributed by atoms with E-state index in [-0.39, 0.29) is 11.8 Å². The number of rotatable bonds is 5. The molecule has 0 aromatic carbocycles. The van der Waals surface area contributed by atoms with Crippen molar-refractivity contribution in [3.8, 4) is 0 Å². The van der Waals surface area contributed by atoms with Gasteiger partial charge in [-0.2, -0.15) is 5.10 Å². The topological polar surface area (TPSA) is 71.8 Å². The highest BCUT2D eigenvalue weighted by Gasteiger charge is 2.38. The number of Topliss-reactive ketones (excluding diaryl/α,β-unsaturated/α-hetero) is 1. The van der Waals surface area contributed by atoms with Crippen molar-refractivity contribution in [3.05, 3.63) is 47.5 Å². The Bertz CT molecular complexity index is 807. The van der Waals surface area contributed by atoms with E-state index in [1.54, 1.807) is 6.20 Å². The third-order valence-electron chi connectivity index (χ3n) is 6.32. The number of piperidine rings is 1. The fourth-order valence-corrected chi connectivity index (χ4v) is 4.66. The third-order valence-corrected chi connectivity index (χ3v) is 6.32. The van der Waals surface area contributed by atoms with Crippen LogP contribution < -0.4 is 10.6 Å². The lowest BCUT2D eigenvalue weighted by molar-refractivity contribution is 0.0950. The van der Waals surface area contributed by atoms with Crippen LogP contribution in [0.4, 0.5) is 0 Å². The van der Waals surface area contributed by atoms with E-state index in [2.05, 4.69) is 26.4 Å². The van der Waals surface area contributed by atoms with Gasteiger partial charge in [0.1, 0.15) is 0 Å². The molecular weight excluding hydrogens is 338 g/mol. The van der Waals surface area contributed by atoms with Crippen LogP contribution in [0.5, 0.6) is 0 Å². The van der Waals surface area contributed by atoms with Crippen LogP contribution in [0.3, 0.4) is 0 Å². The highest BCUT2D eigenvalue weighted by molar-refractivity contribution is 6.01. The van der Waals surface area contributed by atoms with Gasteiger partial charge in [-0.25, -0.2) is 0 Å². The number of nitrogens with zero attached hydrogens (tertiary/aromatic N) is 3. The Morgan fingerprint density at radius 2 is 1.96 bits per heavy atom. The van der Waals surface area contributed by atoms with Gasteiger partial charge < -0.3 is 10.6 Å².